The van der Waals surface area contributed by atoms with E-state index in [-0.39, 0.29) is 24.2 Å². The number of aromatic nitrogens is 2. The molecule has 2 aliphatic rings. The van der Waals surface area contributed by atoms with Crippen LogP contribution in [-0.2, 0) is 14.3 Å². The quantitative estimate of drug-likeness (QED) is 0.688. The van der Waals surface area contributed by atoms with E-state index in [1.54, 1.807) is 0 Å². The van der Waals surface area contributed by atoms with Gasteiger partial charge in [-0.3, -0.25) is 4.79 Å². The highest BCUT2D eigenvalue weighted by Crippen LogP contribution is 2.32. The van der Waals surface area contributed by atoms with Gasteiger partial charge in [0.15, 0.2) is 5.82 Å². The second-order valence-corrected chi connectivity index (χ2v) is 6.13. The fraction of sp³-hybridized carbons (Fsp3) is 0.600. The van der Waals surface area contributed by atoms with Crippen molar-refractivity contribution in [2.24, 2.45) is 0 Å². The first-order chi connectivity index (χ1) is 12.5. The highest BCUT2D eigenvalue weighted by Gasteiger charge is 2.44. The predicted octanol–water partition coefficient (Wildman–Crippen LogP) is 1.12. The van der Waals surface area contributed by atoms with Crippen LogP contribution >= 0.6 is 0 Å². The Morgan fingerprint density at radius 3 is 2.30 bits per heavy atom. The number of hydrogen-bond donors (Lipinski definition) is 2. The number of carbonyl (C=O) groups is 2. The topological polar surface area (TPSA) is 105 Å². The smallest absolute Gasteiger partial charge is 0.475 e. The van der Waals surface area contributed by atoms with Crippen LogP contribution in [0.4, 0.5) is 23.5 Å². The fourth-order valence-corrected chi connectivity index (χ4v) is 2.88. The minimum Gasteiger partial charge on any atom is -0.475 e. The number of nitrogens with one attached hydrogen (secondary N) is 1. The van der Waals surface area contributed by atoms with Crippen molar-refractivity contribution >= 4 is 17.8 Å². The summed E-state index contributed by atoms with van der Waals surface area (Å²) in [6, 6.07) is 0.0000335. The SMILES string of the molecule is CC1NC(=O)COC12CCN(c1ncc(F)cn1)CC2.O=C(O)C(F)(F)F. The van der Waals surface area contributed by atoms with Crippen LogP contribution in [0.1, 0.15) is 19.8 Å². The van der Waals surface area contributed by atoms with Gasteiger partial charge in [-0.05, 0) is 19.8 Å². The molecule has 1 aromatic heterocycles. The summed E-state index contributed by atoms with van der Waals surface area (Å²) in [5.74, 6) is -2.72. The van der Waals surface area contributed by atoms with E-state index in [0.717, 1.165) is 25.9 Å². The van der Waals surface area contributed by atoms with Crippen molar-refractivity contribution in [2.45, 2.75) is 37.6 Å². The summed E-state index contributed by atoms with van der Waals surface area (Å²) in [6.45, 7) is 3.55. The lowest BCUT2D eigenvalue weighted by atomic mass is 9.84. The first-order valence-corrected chi connectivity index (χ1v) is 7.99. The molecular weight excluding hydrogens is 376 g/mol. The normalized spacial score (nSPS) is 21.9. The second kappa shape index (κ2) is 8.03. The number of amides is 1. The predicted molar refractivity (Wildman–Crippen MR) is 83.4 cm³/mol. The van der Waals surface area contributed by atoms with Crippen LogP contribution < -0.4 is 10.2 Å². The maximum atomic E-state index is 12.8. The third kappa shape index (κ3) is 5.25. The van der Waals surface area contributed by atoms with Gasteiger partial charge in [-0.25, -0.2) is 19.2 Å². The van der Waals surface area contributed by atoms with Crippen molar-refractivity contribution < 1.29 is 37.0 Å². The molecule has 0 aliphatic carbocycles. The number of hydrogen-bond acceptors (Lipinski definition) is 6. The molecule has 3 rings (SSSR count). The molecule has 3 heterocycles. The summed E-state index contributed by atoms with van der Waals surface area (Å²) in [4.78, 5) is 30.2. The summed E-state index contributed by atoms with van der Waals surface area (Å²) in [5.41, 5.74) is -0.301. The monoisotopic (exact) mass is 394 g/mol. The fourth-order valence-electron chi connectivity index (χ4n) is 2.88. The van der Waals surface area contributed by atoms with Gasteiger partial charge in [-0.2, -0.15) is 13.2 Å². The number of anilines is 1. The van der Waals surface area contributed by atoms with Crippen LogP contribution in [0.2, 0.25) is 0 Å². The first kappa shape index (κ1) is 20.8. The van der Waals surface area contributed by atoms with E-state index in [4.69, 9.17) is 14.6 Å². The van der Waals surface area contributed by atoms with Gasteiger partial charge in [0, 0.05) is 13.1 Å². The van der Waals surface area contributed by atoms with E-state index in [1.807, 2.05) is 11.8 Å². The summed E-state index contributed by atoms with van der Waals surface area (Å²) in [5, 5.41) is 10.1. The maximum Gasteiger partial charge on any atom is 0.490 e. The molecular formula is C15H18F4N4O4. The number of nitrogens with zero attached hydrogens (tertiary/aromatic N) is 3. The average Bonchev–Trinajstić information content (AvgIpc) is 2.60. The number of morpholine rings is 1. The molecule has 150 valence electrons. The zero-order valence-corrected chi connectivity index (χ0v) is 14.3. The molecule has 0 radical (unpaired) electrons. The van der Waals surface area contributed by atoms with Crippen molar-refractivity contribution in [3.05, 3.63) is 18.2 Å². The molecule has 1 aromatic rings. The van der Waals surface area contributed by atoms with Crippen LogP contribution in [-0.4, -0.2) is 64.5 Å². The van der Waals surface area contributed by atoms with Gasteiger partial charge >= 0.3 is 12.1 Å². The summed E-state index contributed by atoms with van der Waals surface area (Å²) < 4.78 is 50.4. The van der Waals surface area contributed by atoms with Crippen LogP contribution in [0.3, 0.4) is 0 Å². The molecule has 2 fully saturated rings. The van der Waals surface area contributed by atoms with Crippen molar-refractivity contribution in [3.63, 3.8) is 0 Å². The number of rotatable bonds is 1. The minimum atomic E-state index is -5.08. The number of carbonyl (C=O) groups excluding carboxylic acids is 1. The van der Waals surface area contributed by atoms with Crippen LogP contribution in [0.5, 0.6) is 0 Å². The first-order valence-electron chi connectivity index (χ1n) is 7.99. The van der Waals surface area contributed by atoms with Crippen molar-refractivity contribution in [2.75, 3.05) is 24.6 Å². The Hall–Kier alpha value is -2.50. The third-order valence-corrected chi connectivity index (χ3v) is 4.40. The molecule has 27 heavy (non-hydrogen) atoms. The summed E-state index contributed by atoms with van der Waals surface area (Å²) in [7, 11) is 0. The van der Waals surface area contributed by atoms with Gasteiger partial charge < -0.3 is 20.1 Å². The van der Waals surface area contributed by atoms with Gasteiger partial charge in [0.25, 0.3) is 0 Å². The number of halogens is 4. The minimum absolute atomic E-state index is 0.0000335. The molecule has 12 heteroatoms. The average molecular weight is 394 g/mol. The Morgan fingerprint density at radius 2 is 1.85 bits per heavy atom. The van der Waals surface area contributed by atoms with E-state index in [9.17, 15) is 22.4 Å². The van der Waals surface area contributed by atoms with Gasteiger partial charge in [0.2, 0.25) is 11.9 Å². The van der Waals surface area contributed by atoms with Crippen LogP contribution in [0, 0.1) is 5.82 Å². The van der Waals surface area contributed by atoms with E-state index in [0.29, 0.717) is 5.95 Å². The lowest BCUT2D eigenvalue weighted by Gasteiger charge is -2.47. The Kier molecular flexibility index (Phi) is 6.19. The number of aliphatic carboxylic acids is 1. The largest absolute Gasteiger partial charge is 0.490 e. The molecule has 1 unspecified atom stereocenters. The standard InChI is InChI=1S/C13H17FN4O2.C2HF3O2/c1-9-13(20-8-11(19)17-9)2-4-18(5-3-13)12-15-6-10(14)7-16-12;3-2(4,5)1(6)7/h6-7,9H,2-5,8H2,1H3,(H,17,19);(H,6,7). The van der Waals surface area contributed by atoms with E-state index in [1.165, 1.54) is 12.4 Å². The van der Waals surface area contributed by atoms with Crippen LogP contribution in [0.25, 0.3) is 0 Å². The van der Waals surface area contributed by atoms with Crippen molar-refractivity contribution in [1.29, 1.82) is 0 Å². The molecule has 1 atom stereocenters. The zero-order valence-electron chi connectivity index (χ0n) is 14.3. The highest BCUT2D eigenvalue weighted by molar-refractivity contribution is 5.78. The number of piperidine rings is 1. The molecule has 1 spiro atoms. The van der Waals surface area contributed by atoms with Crippen LogP contribution in [0.15, 0.2) is 12.4 Å². The zero-order chi connectivity index (χ0) is 20.2. The Labute approximate surface area is 151 Å². The highest BCUT2D eigenvalue weighted by atomic mass is 19.4. The van der Waals surface area contributed by atoms with E-state index < -0.39 is 18.0 Å². The van der Waals surface area contributed by atoms with Gasteiger partial charge in [0.1, 0.15) is 6.61 Å². The van der Waals surface area contributed by atoms with E-state index in [2.05, 4.69) is 15.3 Å². The Bertz CT molecular complexity index is 675. The number of alkyl halides is 3. The van der Waals surface area contributed by atoms with Gasteiger partial charge in [-0.1, -0.05) is 0 Å². The molecule has 2 N–H and O–H groups in total. The summed E-state index contributed by atoms with van der Waals surface area (Å²) >= 11 is 0. The summed E-state index contributed by atoms with van der Waals surface area (Å²) in [6.07, 6.45) is -1.16. The molecule has 0 bridgehead atoms. The molecule has 2 saturated heterocycles. The molecule has 0 saturated carbocycles. The number of ether oxygens (including phenoxy) is 1. The van der Waals surface area contributed by atoms with Crippen molar-refractivity contribution in [3.8, 4) is 0 Å². The van der Waals surface area contributed by atoms with Gasteiger partial charge in [-0.15, -0.1) is 0 Å². The Balaban J connectivity index is 0.000000321. The molecule has 2 aliphatic heterocycles. The molecule has 8 nitrogen and oxygen atoms in total. The lowest BCUT2D eigenvalue weighted by Crippen LogP contribution is -2.62. The van der Waals surface area contributed by atoms with Gasteiger partial charge in [0.05, 0.1) is 24.0 Å². The lowest BCUT2D eigenvalue weighted by molar-refractivity contribution is -0.192. The third-order valence-electron chi connectivity index (χ3n) is 4.40. The second-order valence-electron chi connectivity index (χ2n) is 6.13. The Morgan fingerprint density at radius 1 is 1.33 bits per heavy atom. The van der Waals surface area contributed by atoms with E-state index >= 15 is 0 Å². The maximum absolute atomic E-state index is 12.8. The number of carboxylic acids is 1. The molecule has 0 aromatic carbocycles. The molecule has 1 amide bonds. The van der Waals surface area contributed by atoms with Crippen molar-refractivity contribution in [1.82, 2.24) is 15.3 Å². The number of carboxylic acid groups (broad SMARTS) is 1.